The fraction of sp³-hybridized carbons (Fsp3) is 0.321. The van der Waals surface area contributed by atoms with Crippen molar-refractivity contribution in [2.24, 2.45) is 5.92 Å². The molecule has 1 saturated carbocycles. The van der Waals surface area contributed by atoms with Crippen molar-refractivity contribution in [1.29, 1.82) is 0 Å². The number of Topliss-reactive ketones (excluding diaryl/α,β-unsaturated/α-hetero) is 1. The van der Waals surface area contributed by atoms with E-state index in [1.165, 1.54) is 36.4 Å². The molecule has 0 aromatic heterocycles. The highest BCUT2D eigenvalue weighted by molar-refractivity contribution is 8.03. The van der Waals surface area contributed by atoms with Crippen molar-refractivity contribution in [3.05, 3.63) is 102 Å². The van der Waals surface area contributed by atoms with Crippen molar-refractivity contribution in [2.75, 3.05) is 6.54 Å². The highest BCUT2D eigenvalue weighted by Gasteiger charge is 2.49. The number of hydrogen-bond acceptors (Lipinski definition) is 5. The Bertz CT molecular complexity index is 1410. The first-order valence-electron chi connectivity index (χ1n) is 12.3. The zero-order valence-electron chi connectivity index (χ0n) is 20.4. The molecule has 1 fully saturated rings. The van der Waals surface area contributed by atoms with E-state index in [1.807, 2.05) is 0 Å². The van der Waals surface area contributed by atoms with Gasteiger partial charge in [-0.2, -0.15) is 0 Å². The molecule has 4 rings (SSSR count). The molecule has 0 N–H and O–H groups in total. The van der Waals surface area contributed by atoms with E-state index < -0.39 is 49.7 Å². The molecule has 196 valence electrons. The van der Waals surface area contributed by atoms with Crippen LogP contribution in [0.4, 0.5) is 4.39 Å². The first-order valence-corrected chi connectivity index (χ1v) is 15.3. The molecule has 1 atom stereocenters. The number of benzene rings is 3. The van der Waals surface area contributed by atoms with Gasteiger partial charge in [0.25, 0.3) is 10.0 Å². The van der Waals surface area contributed by atoms with Crippen LogP contribution in [0, 0.1) is 5.92 Å². The van der Waals surface area contributed by atoms with Gasteiger partial charge in [-0.1, -0.05) is 102 Å². The van der Waals surface area contributed by atoms with Gasteiger partial charge in [-0.05, 0) is 30.5 Å². The van der Waals surface area contributed by atoms with E-state index in [9.17, 15) is 21.6 Å². The molecule has 0 radical (unpaired) electrons. The first-order chi connectivity index (χ1) is 17.6. The zero-order valence-corrected chi connectivity index (χ0v) is 22.0. The molecule has 1 unspecified atom stereocenters. The molecule has 1 aliphatic carbocycles. The minimum Gasteiger partial charge on any atom is -0.294 e. The van der Waals surface area contributed by atoms with E-state index in [-0.39, 0.29) is 23.3 Å². The largest absolute Gasteiger partial charge is 0.294 e. The third kappa shape index (κ3) is 6.17. The summed E-state index contributed by atoms with van der Waals surface area (Å²) in [5.74, 6) is -2.70. The molecule has 37 heavy (non-hydrogen) atoms. The number of ketones is 1. The Kier molecular flexibility index (Phi) is 8.26. The van der Waals surface area contributed by atoms with E-state index >= 15 is 4.39 Å². The van der Waals surface area contributed by atoms with Gasteiger partial charge in [0.1, 0.15) is 5.67 Å². The lowest BCUT2D eigenvalue weighted by Gasteiger charge is -2.38. The Balaban J connectivity index is 1.82. The smallest absolute Gasteiger partial charge is 0.256 e. The summed E-state index contributed by atoms with van der Waals surface area (Å²) in [5.41, 5.74) is -1.43. The normalized spacial score (nSPS) is 16.8. The van der Waals surface area contributed by atoms with Crippen LogP contribution in [0.15, 0.2) is 95.9 Å². The fourth-order valence-electron chi connectivity index (χ4n) is 4.85. The zero-order chi connectivity index (χ0) is 26.5. The molecule has 9 heteroatoms. The summed E-state index contributed by atoms with van der Waals surface area (Å²) in [5, 5.41) is 0. The third-order valence-electron chi connectivity index (χ3n) is 6.83. The number of halogens is 1. The van der Waals surface area contributed by atoms with Crippen molar-refractivity contribution in [1.82, 2.24) is 3.71 Å². The molecule has 3 aromatic carbocycles. The first kappa shape index (κ1) is 27.2. The highest BCUT2D eigenvalue weighted by Crippen LogP contribution is 2.41. The number of nitrogens with zero attached hydrogens (tertiary/aromatic N) is 1. The van der Waals surface area contributed by atoms with Crippen LogP contribution in [0.1, 0.15) is 48.0 Å². The third-order valence-corrected chi connectivity index (χ3v) is 11.1. The van der Waals surface area contributed by atoms with Crippen molar-refractivity contribution in [2.45, 2.75) is 48.4 Å². The van der Waals surface area contributed by atoms with Gasteiger partial charge in [-0.25, -0.2) is 21.2 Å². The summed E-state index contributed by atoms with van der Waals surface area (Å²) in [6.07, 6.45) is 2.01. The number of hydrogen-bond donors (Lipinski definition) is 0. The van der Waals surface area contributed by atoms with Gasteiger partial charge in [0, 0.05) is 12.1 Å². The van der Waals surface area contributed by atoms with E-state index in [1.54, 1.807) is 54.6 Å². The van der Waals surface area contributed by atoms with E-state index in [0.29, 0.717) is 22.1 Å². The maximum Gasteiger partial charge on any atom is 0.256 e. The summed E-state index contributed by atoms with van der Waals surface area (Å²) in [4.78, 5) is 13.4. The van der Waals surface area contributed by atoms with Crippen LogP contribution in [-0.2, 0) is 25.8 Å². The lowest BCUT2D eigenvalue weighted by Crippen LogP contribution is -2.50. The minimum absolute atomic E-state index is 0.0637. The van der Waals surface area contributed by atoms with Gasteiger partial charge >= 0.3 is 0 Å². The number of rotatable bonds is 10. The van der Waals surface area contributed by atoms with E-state index in [4.69, 9.17) is 0 Å². The average Bonchev–Trinajstić information content (AvgIpc) is 2.90. The van der Waals surface area contributed by atoms with Crippen LogP contribution in [0.5, 0.6) is 0 Å². The maximum absolute atomic E-state index is 16.5. The summed E-state index contributed by atoms with van der Waals surface area (Å²) >= 11 is 0. The maximum atomic E-state index is 16.5. The molecule has 0 amide bonds. The van der Waals surface area contributed by atoms with Gasteiger partial charge < -0.3 is 0 Å². The molecule has 0 bridgehead atoms. The van der Waals surface area contributed by atoms with Gasteiger partial charge in [-0.3, -0.25) is 4.79 Å². The van der Waals surface area contributed by atoms with Gasteiger partial charge in [-0.15, -0.1) is 0 Å². The van der Waals surface area contributed by atoms with E-state index in [2.05, 4.69) is 0 Å². The second-order valence-electron chi connectivity index (χ2n) is 9.39. The van der Waals surface area contributed by atoms with Crippen molar-refractivity contribution in [3.8, 4) is 0 Å². The van der Waals surface area contributed by atoms with Crippen LogP contribution in [0.3, 0.4) is 0 Å². The Hall–Kier alpha value is -2.88. The Morgan fingerprint density at radius 1 is 0.784 bits per heavy atom. The molecule has 0 spiro atoms. The Morgan fingerprint density at radius 3 is 1.86 bits per heavy atom. The fourth-order valence-corrected chi connectivity index (χ4v) is 8.68. The summed E-state index contributed by atoms with van der Waals surface area (Å²) in [6.45, 7) is -0.809. The van der Waals surface area contributed by atoms with Crippen LogP contribution >= 0.6 is 0 Å². The van der Waals surface area contributed by atoms with Crippen molar-refractivity contribution < 1.29 is 26.0 Å². The van der Waals surface area contributed by atoms with Gasteiger partial charge in [0.15, 0.2) is 5.78 Å². The Morgan fingerprint density at radius 2 is 1.30 bits per heavy atom. The predicted molar refractivity (Wildman–Crippen MR) is 141 cm³/mol. The molecule has 0 aliphatic heterocycles. The van der Waals surface area contributed by atoms with Crippen molar-refractivity contribution in [3.63, 3.8) is 0 Å². The second kappa shape index (κ2) is 11.2. The number of alkyl halides is 1. The van der Waals surface area contributed by atoms with Gasteiger partial charge in [0.2, 0.25) is 10.0 Å². The van der Waals surface area contributed by atoms with Crippen molar-refractivity contribution >= 4 is 25.8 Å². The molecule has 1 aliphatic rings. The molecular weight excluding hydrogens is 513 g/mol. The number of carbonyl (C=O) groups is 1. The molecular formula is C28H30FNO5S2. The standard InChI is InChI=1S/C28H30FNO5S2/c29-28(19-11-4-12-20-28)26(27(31)24-15-7-2-8-16-24)21-30(37(34,35)25-17-9-3-10-18-25)36(32,33)22-23-13-5-1-6-14-23/h1-3,5-10,13-18,26H,4,11-12,19-22H2. The van der Waals surface area contributed by atoms with Crippen LogP contribution in [0.25, 0.3) is 0 Å². The lowest BCUT2D eigenvalue weighted by atomic mass is 9.74. The molecule has 3 aromatic rings. The van der Waals surface area contributed by atoms with Gasteiger partial charge in [0.05, 0.1) is 16.6 Å². The average molecular weight is 544 g/mol. The minimum atomic E-state index is -4.63. The number of sulfonamides is 2. The predicted octanol–water partition coefficient (Wildman–Crippen LogP) is 5.38. The summed E-state index contributed by atoms with van der Waals surface area (Å²) in [7, 11) is -9.16. The molecule has 0 heterocycles. The Labute approximate surface area is 218 Å². The number of carbonyl (C=O) groups excluding carboxylic acids is 1. The molecule has 6 nitrogen and oxygen atoms in total. The topological polar surface area (TPSA) is 88.6 Å². The van der Waals surface area contributed by atoms with Crippen LogP contribution in [-0.4, -0.2) is 38.5 Å². The highest BCUT2D eigenvalue weighted by atomic mass is 32.3. The monoisotopic (exact) mass is 543 g/mol. The van der Waals surface area contributed by atoms with Crippen LogP contribution in [0.2, 0.25) is 0 Å². The summed E-state index contributed by atoms with van der Waals surface area (Å²) < 4.78 is 71.8. The summed E-state index contributed by atoms with van der Waals surface area (Å²) in [6, 6.07) is 23.4. The van der Waals surface area contributed by atoms with Crippen LogP contribution < -0.4 is 0 Å². The second-order valence-corrected chi connectivity index (χ2v) is 13.4. The quantitative estimate of drug-likeness (QED) is 0.321. The lowest BCUT2D eigenvalue weighted by molar-refractivity contribution is 0.0319. The van der Waals surface area contributed by atoms with E-state index in [0.717, 1.165) is 6.42 Å². The molecule has 0 saturated heterocycles. The SMILES string of the molecule is O=C(c1ccccc1)C(CN(S(=O)(=O)Cc1ccccc1)S(=O)(=O)c1ccccc1)C1(F)CCCCC1.